The molecule has 0 spiro atoms. The third-order valence-corrected chi connectivity index (χ3v) is 7.62. The second-order valence-corrected chi connectivity index (χ2v) is 9.84. The lowest BCUT2D eigenvalue weighted by molar-refractivity contribution is -0.121. The average Bonchev–Trinajstić information content (AvgIpc) is 3.48. The highest BCUT2D eigenvalue weighted by Crippen LogP contribution is 2.36. The zero-order valence-corrected chi connectivity index (χ0v) is 19.8. The number of likely N-dealkylation sites (tertiary alicyclic amines) is 1. The number of carbonyl (C=O) groups is 1. The monoisotopic (exact) mass is 444 g/mol. The SMILES string of the molecule is Cn1cc(CCC(=O)NCc2ccc([C@H]3CCCN3C3CCCCC3)nc2)c2ccccc21. The average molecular weight is 445 g/mol. The fourth-order valence-corrected chi connectivity index (χ4v) is 5.86. The van der Waals surface area contributed by atoms with E-state index in [1.54, 1.807) is 0 Å². The summed E-state index contributed by atoms with van der Waals surface area (Å²) in [4.78, 5) is 20.0. The summed E-state index contributed by atoms with van der Waals surface area (Å²) in [5, 5.41) is 4.32. The lowest BCUT2D eigenvalue weighted by Gasteiger charge is -2.35. The summed E-state index contributed by atoms with van der Waals surface area (Å²) in [6, 6.07) is 13.9. The van der Waals surface area contributed by atoms with Crippen LogP contribution >= 0.6 is 0 Å². The van der Waals surface area contributed by atoms with Gasteiger partial charge in [0.15, 0.2) is 0 Å². The van der Waals surface area contributed by atoms with E-state index < -0.39 is 0 Å². The first-order chi connectivity index (χ1) is 16.2. The fourth-order valence-electron chi connectivity index (χ4n) is 5.86. The Kier molecular flexibility index (Phi) is 6.77. The summed E-state index contributed by atoms with van der Waals surface area (Å²) in [6.45, 7) is 1.75. The highest BCUT2D eigenvalue weighted by molar-refractivity contribution is 5.84. The number of para-hydroxylation sites is 1. The molecule has 0 radical (unpaired) electrons. The minimum atomic E-state index is 0.0891. The predicted molar refractivity (Wildman–Crippen MR) is 133 cm³/mol. The van der Waals surface area contributed by atoms with Crippen LogP contribution in [0.15, 0.2) is 48.8 Å². The summed E-state index contributed by atoms with van der Waals surface area (Å²) in [6.07, 6.45) is 14.7. The Hall–Kier alpha value is -2.66. The van der Waals surface area contributed by atoms with Crippen molar-refractivity contribution in [1.82, 2.24) is 19.8 Å². The molecule has 1 aliphatic heterocycles. The first-order valence-electron chi connectivity index (χ1n) is 12.7. The molecular formula is C28H36N4O. The van der Waals surface area contributed by atoms with Crippen LogP contribution in [-0.4, -0.2) is 32.9 Å². The van der Waals surface area contributed by atoms with E-state index in [1.807, 2.05) is 6.20 Å². The molecule has 1 atom stereocenters. The third kappa shape index (κ3) is 4.98. The van der Waals surface area contributed by atoms with E-state index in [4.69, 9.17) is 4.98 Å². The molecule has 1 N–H and O–H groups in total. The van der Waals surface area contributed by atoms with Crippen molar-refractivity contribution in [3.05, 3.63) is 65.6 Å². The van der Waals surface area contributed by atoms with Gasteiger partial charge < -0.3 is 9.88 Å². The van der Waals surface area contributed by atoms with E-state index in [0.717, 1.165) is 18.0 Å². The largest absolute Gasteiger partial charge is 0.352 e. The number of benzene rings is 1. The van der Waals surface area contributed by atoms with Crippen molar-refractivity contribution in [3.63, 3.8) is 0 Å². The number of nitrogens with one attached hydrogen (secondary N) is 1. The quantitative estimate of drug-likeness (QED) is 0.539. The van der Waals surface area contributed by atoms with Crippen molar-refractivity contribution in [2.45, 2.75) is 76.4 Å². The summed E-state index contributed by atoms with van der Waals surface area (Å²) < 4.78 is 2.13. The Morgan fingerprint density at radius 2 is 1.91 bits per heavy atom. The van der Waals surface area contributed by atoms with Crippen LogP contribution < -0.4 is 5.32 Å². The van der Waals surface area contributed by atoms with E-state index >= 15 is 0 Å². The molecule has 1 saturated carbocycles. The second-order valence-electron chi connectivity index (χ2n) is 9.84. The molecular weight excluding hydrogens is 408 g/mol. The maximum absolute atomic E-state index is 12.5. The molecule has 2 aromatic heterocycles. The van der Waals surface area contributed by atoms with Gasteiger partial charge in [0.25, 0.3) is 0 Å². The van der Waals surface area contributed by atoms with E-state index in [0.29, 0.717) is 19.0 Å². The molecule has 3 aromatic rings. The Labute approximate surface area is 197 Å². The number of nitrogens with zero attached hydrogens (tertiary/aromatic N) is 3. The molecule has 0 unspecified atom stereocenters. The van der Waals surface area contributed by atoms with Crippen LogP contribution in [0.1, 0.15) is 74.2 Å². The van der Waals surface area contributed by atoms with Crippen LogP contribution in [0.25, 0.3) is 10.9 Å². The molecule has 1 aliphatic carbocycles. The van der Waals surface area contributed by atoms with Crippen molar-refractivity contribution < 1.29 is 4.79 Å². The Morgan fingerprint density at radius 1 is 1.06 bits per heavy atom. The molecule has 0 bridgehead atoms. The lowest BCUT2D eigenvalue weighted by Crippen LogP contribution is -2.36. The molecule has 5 heteroatoms. The molecule has 2 fully saturated rings. The van der Waals surface area contributed by atoms with Gasteiger partial charge in [0, 0.05) is 49.4 Å². The zero-order valence-electron chi connectivity index (χ0n) is 19.8. The van der Waals surface area contributed by atoms with E-state index in [1.165, 1.54) is 73.7 Å². The minimum Gasteiger partial charge on any atom is -0.352 e. The topological polar surface area (TPSA) is 50.2 Å². The van der Waals surface area contributed by atoms with Crippen molar-refractivity contribution in [3.8, 4) is 0 Å². The van der Waals surface area contributed by atoms with Crippen LogP contribution in [0.4, 0.5) is 0 Å². The number of aryl methyl sites for hydroxylation is 2. The zero-order chi connectivity index (χ0) is 22.6. The van der Waals surface area contributed by atoms with Gasteiger partial charge in [-0.1, -0.05) is 43.5 Å². The maximum atomic E-state index is 12.5. The molecule has 33 heavy (non-hydrogen) atoms. The molecule has 174 valence electrons. The number of amides is 1. The second kappa shape index (κ2) is 10.1. The van der Waals surface area contributed by atoms with Crippen LogP contribution in [-0.2, 0) is 24.8 Å². The Morgan fingerprint density at radius 3 is 2.73 bits per heavy atom. The van der Waals surface area contributed by atoms with E-state index in [2.05, 4.69) is 64.4 Å². The van der Waals surface area contributed by atoms with Crippen molar-refractivity contribution in [2.75, 3.05) is 6.54 Å². The third-order valence-electron chi connectivity index (χ3n) is 7.62. The molecule has 1 saturated heterocycles. The number of hydrogen-bond acceptors (Lipinski definition) is 3. The summed E-state index contributed by atoms with van der Waals surface area (Å²) in [5.74, 6) is 0.0891. The first kappa shape index (κ1) is 22.1. The first-order valence-corrected chi connectivity index (χ1v) is 12.7. The van der Waals surface area contributed by atoms with Crippen LogP contribution in [0.2, 0.25) is 0 Å². The van der Waals surface area contributed by atoms with Crippen molar-refractivity contribution in [2.24, 2.45) is 7.05 Å². The fraction of sp³-hybridized carbons (Fsp3) is 0.500. The van der Waals surface area contributed by atoms with Crippen molar-refractivity contribution >= 4 is 16.8 Å². The number of hydrogen-bond donors (Lipinski definition) is 1. The number of pyridine rings is 1. The van der Waals surface area contributed by atoms with Gasteiger partial charge in [-0.2, -0.15) is 0 Å². The number of aromatic nitrogens is 2. The Balaban J connectivity index is 1.13. The van der Waals surface area contributed by atoms with Gasteiger partial charge >= 0.3 is 0 Å². The van der Waals surface area contributed by atoms with Gasteiger partial charge in [0.2, 0.25) is 5.91 Å². The standard InChI is InChI=1S/C28H36N4O/c1-31-20-22(24-10-5-6-11-26(24)31)14-16-28(33)30-19-21-13-15-25(29-18-21)27-12-7-17-32(27)23-8-3-2-4-9-23/h5-6,10-11,13,15,18,20,23,27H,2-4,7-9,12,14,16-17,19H2,1H3,(H,30,33)/t27-/m1/s1. The maximum Gasteiger partial charge on any atom is 0.220 e. The summed E-state index contributed by atoms with van der Waals surface area (Å²) in [7, 11) is 2.06. The predicted octanol–water partition coefficient (Wildman–Crippen LogP) is 5.29. The van der Waals surface area contributed by atoms with Gasteiger partial charge in [-0.05, 0) is 61.9 Å². The van der Waals surface area contributed by atoms with E-state index in [9.17, 15) is 4.79 Å². The van der Waals surface area contributed by atoms with Crippen LogP contribution in [0.3, 0.4) is 0 Å². The number of fused-ring (bicyclic) bond motifs is 1. The Bertz CT molecular complexity index is 1080. The molecule has 5 nitrogen and oxygen atoms in total. The summed E-state index contributed by atoms with van der Waals surface area (Å²) >= 11 is 0. The highest BCUT2D eigenvalue weighted by atomic mass is 16.1. The molecule has 2 aliphatic rings. The van der Waals surface area contributed by atoms with Gasteiger partial charge in [-0.25, -0.2) is 0 Å². The molecule has 5 rings (SSSR count). The normalized spacial score (nSPS) is 19.8. The van der Waals surface area contributed by atoms with Gasteiger partial charge in [-0.15, -0.1) is 0 Å². The number of rotatable bonds is 7. The van der Waals surface area contributed by atoms with E-state index in [-0.39, 0.29) is 5.91 Å². The lowest BCUT2D eigenvalue weighted by atomic mass is 9.93. The molecule has 3 heterocycles. The van der Waals surface area contributed by atoms with Gasteiger partial charge in [0.05, 0.1) is 11.7 Å². The summed E-state index contributed by atoms with van der Waals surface area (Å²) in [5.41, 5.74) is 4.71. The molecule has 1 aromatic carbocycles. The molecule has 1 amide bonds. The number of carbonyl (C=O) groups excluding carboxylic acids is 1. The minimum absolute atomic E-state index is 0.0891. The van der Waals surface area contributed by atoms with Crippen molar-refractivity contribution in [1.29, 1.82) is 0 Å². The highest BCUT2D eigenvalue weighted by Gasteiger charge is 2.32. The van der Waals surface area contributed by atoms with Gasteiger partial charge in [0.1, 0.15) is 0 Å². The van der Waals surface area contributed by atoms with Crippen LogP contribution in [0, 0.1) is 0 Å². The van der Waals surface area contributed by atoms with Crippen LogP contribution in [0.5, 0.6) is 0 Å². The smallest absolute Gasteiger partial charge is 0.220 e. The van der Waals surface area contributed by atoms with Gasteiger partial charge in [-0.3, -0.25) is 14.7 Å².